The van der Waals surface area contributed by atoms with Crippen molar-refractivity contribution in [1.29, 1.82) is 0 Å². The summed E-state index contributed by atoms with van der Waals surface area (Å²) >= 11 is 0. The average molecular weight is 222 g/mol. The minimum atomic E-state index is -0.362. The first-order chi connectivity index (χ1) is 7.54. The summed E-state index contributed by atoms with van der Waals surface area (Å²) in [5.74, 6) is 2.48. The molecule has 0 aromatic carbocycles. The summed E-state index contributed by atoms with van der Waals surface area (Å²) in [5, 5.41) is 4.53. The zero-order chi connectivity index (χ0) is 11.8. The van der Waals surface area contributed by atoms with E-state index in [9.17, 15) is 0 Å². The Hall–Kier alpha value is -0.900. The van der Waals surface area contributed by atoms with E-state index < -0.39 is 0 Å². The number of nitrogens with two attached hydrogens (primary N) is 1. The largest absolute Gasteiger partial charge is 0.319 e. The highest BCUT2D eigenvalue weighted by atomic mass is 15.3. The Labute approximate surface area is 97.2 Å². The Morgan fingerprint density at radius 2 is 2.06 bits per heavy atom. The molecule has 90 valence electrons. The number of hydrogen-bond acceptors (Lipinski definition) is 3. The van der Waals surface area contributed by atoms with Crippen LogP contribution in [0.2, 0.25) is 0 Å². The van der Waals surface area contributed by atoms with Crippen LogP contribution in [0.15, 0.2) is 0 Å². The van der Waals surface area contributed by atoms with Gasteiger partial charge in [0, 0.05) is 13.0 Å². The van der Waals surface area contributed by atoms with Crippen molar-refractivity contribution in [3.05, 3.63) is 11.6 Å². The third-order valence-corrected chi connectivity index (χ3v) is 3.75. The summed E-state index contributed by atoms with van der Waals surface area (Å²) in [7, 11) is 1.95. The molecule has 0 saturated heterocycles. The van der Waals surface area contributed by atoms with E-state index >= 15 is 0 Å². The van der Waals surface area contributed by atoms with E-state index in [-0.39, 0.29) is 5.54 Å². The Balaban J connectivity index is 2.27. The molecule has 0 radical (unpaired) electrons. The van der Waals surface area contributed by atoms with Gasteiger partial charge in [0.15, 0.2) is 5.82 Å². The number of rotatable bonds is 3. The fourth-order valence-corrected chi connectivity index (χ4v) is 2.42. The molecule has 1 saturated carbocycles. The zero-order valence-corrected chi connectivity index (χ0v) is 10.5. The van der Waals surface area contributed by atoms with E-state index in [1.807, 2.05) is 18.7 Å². The molecule has 1 heterocycles. The van der Waals surface area contributed by atoms with E-state index in [0.717, 1.165) is 18.1 Å². The Morgan fingerprint density at radius 1 is 1.44 bits per heavy atom. The van der Waals surface area contributed by atoms with Crippen molar-refractivity contribution in [2.24, 2.45) is 12.8 Å². The lowest BCUT2D eigenvalue weighted by Crippen LogP contribution is -2.35. The van der Waals surface area contributed by atoms with Gasteiger partial charge in [-0.1, -0.05) is 19.8 Å². The van der Waals surface area contributed by atoms with Crippen molar-refractivity contribution in [2.75, 3.05) is 0 Å². The summed E-state index contributed by atoms with van der Waals surface area (Å²) in [6.07, 6.45) is 5.97. The van der Waals surface area contributed by atoms with E-state index in [1.165, 1.54) is 25.7 Å². The molecule has 2 N–H and O–H groups in total. The number of nitrogens with zero attached hydrogens (tertiary/aromatic N) is 3. The summed E-state index contributed by atoms with van der Waals surface area (Å²) < 4.78 is 1.86. The highest BCUT2D eigenvalue weighted by Gasteiger charge is 2.28. The first-order valence-corrected chi connectivity index (χ1v) is 6.25. The number of aromatic nitrogens is 3. The van der Waals surface area contributed by atoms with Gasteiger partial charge in [-0.25, -0.2) is 4.98 Å². The Morgan fingerprint density at radius 3 is 2.62 bits per heavy atom. The molecule has 16 heavy (non-hydrogen) atoms. The van der Waals surface area contributed by atoms with Gasteiger partial charge in [-0.2, -0.15) is 5.10 Å². The van der Waals surface area contributed by atoms with E-state index in [0.29, 0.717) is 5.92 Å². The molecule has 1 atom stereocenters. The third-order valence-electron chi connectivity index (χ3n) is 3.75. The van der Waals surface area contributed by atoms with Crippen LogP contribution in [-0.2, 0) is 12.6 Å². The maximum atomic E-state index is 6.23. The topological polar surface area (TPSA) is 56.7 Å². The molecule has 2 rings (SSSR count). The third kappa shape index (κ3) is 1.98. The van der Waals surface area contributed by atoms with Gasteiger partial charge in [-0.3, -0.25) is 4.68 Å². The lowest BCUT2D eigenvalue weighted by Gasteiger charge is -2.20. The van der Waals surface area contributed by atoms with Gasteiger partial charge in [0.25, 0.3) is 0 Å². The molecule has 0 amide bonds. The van der Waals surface area contributed by atoms with Crippen LogP contribution in [0.3, 0.4) is 0 Å². The van der Waals surface area contributed by atoms with Crippen molar-refractivity contribution in [2.45, 2.75) is 57.4 Å². The molecule has 1 aliphatic rings. The molecule has 4 heteroatoms. The highest BCUT2D eigenvalue weighted by molar-refractivity contribution is 5.08. The second-order valence-corrected chi connectivity index (χ2v) is 5.17. The molecule has 0 spiro atoms. The quantitative estimate of drug-likeness (QED) is 0.851. The van der Waals surface area contributed by atoms with Crippen LogP contribution in [0.1, 0.15) is 63.5 Å². The van der Waals surface area contributed by atoms with Crippen molar-refractivity contribution < 1.29 is 0 Å². The molecule has 0 aliphatic heterocycles. The second-order valence-electron chi connectivity index (χ2n) is 5.17. The van der Waals surface area contributed by atoms with E-state index in [1.54, 1.807) is 0 Å². The molecule has 0 bridgehead atoms. The van der Waals surface area contributed by atoms with Gasteiger partial charge >= 0.3 is 0 Å². The van der Waals surface area contributed by atoms with Gasteiger partial charge in [0.05, 0.1) is 5.54 Å². The summed E-state index contributed by atoms with van der Waals surface area (Å²) in [4.78, 5) is 4.66. The monoisotopic (exact) mass is 222 g/mol. The zero-order valence-electron chi connectivity index (χ0n) is 10.5. The predicted molar refractivity (Wildman–Crippen MR) is 64.0 cm³/mol. The molecule has 4 nitrogen and oxygen atoms in total. The fraction of sp³-hybridized carbons (Fsp3) is 0.833. The van der Waals surface area contributed by atoms with Crippen LogP contribution < -0.4 is 5.73 Å². The molecule has 1 aromatic rings. The summed E-state index contributed by atoms with van der Waals surface area (Å²) in [6.45, 7) is 4.11. The second kappa shape index (κ2) is 4.17. The van der Waals surface area contributed by atoms with E-state index in [4.69, 9.17) is 5.73 Å². The molecular weight excluding hydrogens is 200 g/mol. The van der Waals surface area contributed by atoms with E-state index in [2.05, 4.69) is 17.0 Å². The lowest BCUT2D eigenvalue weighted by molar-refractivity contribution is 0.423. The van der Waals surface area contributed by atoms with Gasteiger partial charge in [-0.05, 0) is 26.2 Å². The standard InChI is InChI=1S/C12H22N4/c1-4-12(2,13)11-14-10(15-16(11)3)9-7-5-6-8-9/h9H,4-8,13H2,1-3H3. The van der Waals surface area contributed by atoms with Crippen LogP contribution in [0.25, 0.3) is 0 Å². The smallest absolute Gasteiger partial charge is 0.154 e. The van der Waals surface area contributed by atoms with Crippen LogP contribution >= 0.6 is 0 Å². The van der Waals surface area contributed by atoms with Crippen molar-refractivity contribution >= 4 is 0 Å². The molecule has 1 fully saturated rings. The van der Waals surface area contributed by atoms with Crippen LogP contribution in [0.5, 0.6) is 0 Å². The maximum absolute atomic E-state index is 6.23. The molecule has 1 aromatic heterocycles. The van der Waals surface area contributed by atoms with Crippen molar-refractivity contribution in [1.82, 2.24) is 14.8 Å². The Kier molecular flexibility index (Phi) is 3.02. The number of aryl methyl sites for hydroxylation is 1. The van der Waals surface area contributed by atoms with Gasteiger partial charge in [0.1, 0.15) is 5.82 Å². The van der Waals surface area contributed by atoms with Crippen molar-refractivity contribution in [3.8, 4) is 0 Å². The molecule has 1 aliphatic carbocycles. The van der Waals surface area contributed by atoms with Crippen LogP contribution in [0, 0.1) is 0 Å². The average Bonchev–Trinajstić information content (AvgIpc) is 2.85. The molecular formula is C12H22N4. The Bertz CT molecular complexity index is 361. The molecule has 1 unspecified atom stereocenters. The minimum absolute atomic E-state index is 0.362. The SMILES string of the molecule is CCC(C)(N)c1nc(C2CCCC2)nn1C. The minimum Gasteiger partial charge on any atom is -0.319 e. The lowest BCUT2D eigenvalue weighted by atomic mass is 9.99. The van der Waals surface area contributed by atoms with Gasteiger partial charge in [0.2, 0.25) is 0 Å². The van der Waals surface area contributed by atoms with Crippen LogP contribution in [-0.4, -0.2) is 14.8 Å². The van der Waals surface area contributed by atoms with Crippen molar-refractivity contribution in [3.63, 3.8) is 0 Å². The number of hydrogen-bond donors (Lipinski definition) is 1. The normalized spacial score (nSPS) is 21.2. The van der Waals surface area contributed by atoms with Gasteiger partial charge < -0.3 is 5.73 Å². The summed E-state index contributed by atoms with van der Waals surface area (Å²) in [5.41, 5.74) is 5.86. The first-order valence-electron chi connectivity index (χ1n) is 6.25. The summed E-state index contributed by atoms with van der Waals surface area (Å²) in [6, 6.07) is 0. The maximum Gasteiger partial charge on any atom is 0.154 e. The fourth-order valence-electron chi connectivity index (χ4n) is 2.42. The highest BCUT2D eigenvalue weighted by Crippen LogP contribution is 2.33. The first kappa shape index (κ1) is 11.6. The van der Waals surface area contributed by atoms with Crippen LogP contribution in [0.4, 0.5) is 0 Å². The predicted octanol–water partition coefficient (Wildman–Crippen LogP) is 2.06. The van der Waals surface area contributed by atoms with Gasteiger partial charge in [-0.15, -0.1) is 0 Å².